The first-order chi connectivity index (χ1) is 4.72. The van der Waals surface area contributed by atoms with E-state index in [1.54, 1.807) is 24.3 Å². The fourth-order valence-electron chi connectivity index (χ4n) is 0.670. The van der Waals surface area contributed by atoms with Crippen molar-refractivity contribution in [3.05, 3.63) is 24.3 Å². The summed E-state index contributed by atoms with van der Waals surface area (Å²) >= 11 is 0. The second-order valence-electron chi connectivity index (χ2n) is 1.85. The van der Waals surface area contributed by atoms with Gasteiger partial charge in [0, 0.05) is 5.69 Å². The van der Waals surface area contributed by atoms with Crippen molar-refractivity contribution in [3.63, 3.8) is 0 Å². The van der Waals surface area contributed by atoms with Crippen LogP contribution in [0, 0.1) is 0 Å². The monoisotopic (exact) mass is 157 g/mol. The molecule has 54 valence electrons. The molecule has 0 fully saturated rings. The molecule has 10 heavy (non-hydrogen) atoms. The maximum absolute atomic E-state index is 8.74. The van der Waals surface area contributed by atoms with Crippen molar-refractivity contribution in [2.75, 3.05) is 5.73 Å². The summed E-state index contributed by atoms with van der Waals surface area (Å²) in [6, 6.07) is 6.70. The largest absolute Gasteiger partial charge is 0.398 e. The molecule has 0 bridgehead atoms. The molecule has 4 heteroatoms. The van der Waals surface area contributed by atoms with E-state index in [2.05, 4.69) is 0 Å². The van der Waals surface area contributed by atoms with Gasteiger partial charge in [-0.15, -0.1) is 0 Å². The fraction of sp³-hybridized carbons (Fsp3) is 0. The third kappa shape index (κ3) is 1.45. The van der Waals surface area contributed by atoms with E-state index in [9.17, 15) is 0 Å². The molecule has 0 spiro atoms. The first kappa shape index (κ1) is 7.48. The Labute approximate surface area is 60.0 Å². The Bertz CT molecular complexity index is 227. The number of hydrogen-bond donors (Lipinski definition) is 3. The van der Waals surface area contributed by atoms with Crippen LogP contribution in [0.1, 0.15) is 0 Å². The van der Waals surface area contributed by atoms with E-state index in [1.807, 2.05) is 0 Å². The number of para-hydroxylation sites is 1. The predicted octanol–water partition coefficient (Wildman–Crippen LogP) is 0.191. The Morgan fingerprint density at radius 2 is 1.80 bits per heavy atom. The van der Waals surface area contributed by atoms with Gasteiger partial charge in [-0.25, -0.2) is 0 Å². The topological polar surface area (TPSA) is 66.5 Å². The molecule has 1 aromatic carbocycles. The van der Waals surface area contributed by atoms with E-state index in [1.165, 1.54) is 0 Å². The summed E-state index contributed by atoms with van der Waals surface area (Å²) in [6.07, 6.45) is 0. The SMILES string of the molecule is Nc1ccccc1P(O)O. The summed E-state index contributed by atoms with van der Waals surface area (Å²) in [5, 5.41) is 0.414. The van der Waals surface area contributed by atoms with Crippen LogP contribution >= 0.6 is 8.38 Å². The van der Waals surface area contributed by atoms with Crippen LogP contribution in [0.2, 0.25) is 0 Å². The summed E-state index contributed by atoms with van der Waals surface area (Å²) in [4.78, 5) is 17.5. The van der Waals surface area contributed by atoms with Gasteiger partial charge in [0.25, 0.3) is 0 Å². The Morgan fingerprint density at radius 1 is 1.20 bits per heavy atom. The third-order valence-corrected chi connectivity index (χ3v) is 1.99. The lowest BCUT2D eigenvalue weighted by molar-refractivity contribution is 0.497. The lowest BCUT2D eigenvalue weighted by Gasteiger charge is -2.03. The van der Waals surface area contributed by atoms with E-state index in [-0.39, 0.29) is 0 Å². The molecule has 3 nitrogen and oxygen atoms in total. The molecule has 4 N–H and O–H groups in total. The normalized spacial score (nSPS) is 10.3. The highest BCUT2D eigenvalue weighted by Gasteiger charge is 2.05. The molecule has 0 aliphatic heterocycles. The second kappa shape index (κ2) is 2.97. The Kier molecular flexibility index (Phi) is 2.22. The summed E-state index contributed by atoms with van der Waals surface area (Å²) < 4.78 is 0. The van der Waals surface area contributed by atoms with Gasteiger partial charge in [0.15, 0.2) is 0 Å². The summed E-state index contributed by atoms with van der Waals surface area (Å²) in [6.45, 7) is 0. The third-order valence-electron chi connectivity index (χ3n) is 1.15. The molecule has 1 rings (SSSR count). The molecule has 0 unspecified atom stereocenters. The van der Waals surface area contributed by atoms with Gasteiger partial charge in [0.05, 0.1) is 5.30 Å². The van der Waals surface area contributed by atoms with Crippen molar-refractivity contribution >= 4 is 19.4 Å². The fourth-order valence-corrected chi connectivity index (χ4v) is 1.19. The standard InChI is InChI=1S/C6H8NO2P/c7-5-3-1-2-4-6(5)10(8)9/h1-4,8-9H,7H2. The molecular formula is C6H8NO2P. The smallest absolute Gasteiger partial charge is 0.201 e. The minimum atomic E-state index is -2.04. The Balaban J connectivity index is 3.03. The summed E-state index contributed by atoms with van der Waals surface area (Å²) in [7, 11) is -2.04. The van der Waals surface area contributed by atoms with Gasteiger partial charge in [-0.2, -0.15) is 0 Å². The molecule has 0 aliphatic carbocycles. The van der Waals surface area contributed by atoms with Crippen LogP contribution in [0.4, 0.5) is 5.69 Å². The molecule has 0 saturated carbocycles. The van der Waals surface area contributed by atoms with E-state index in [4.69, 9.17) is 15.5 Å². The van der Waals surface area contributed by atoms with Gasteiger partial charge in [0.2, 0.25) is 8.38 Å². The highest BCUT2D eigenvalue weighted by Crippen LogP contribution is 2.24. The zero-order valence-electron chi connectivity index (χ0n) is 5.23. The number of nitrogen functional groups attached to an aromatic ring is 1. The Morgan fingerprint density at radius 3 is 2.20 bits per heavy atom. The van der Waals surface area contributed by atoms with Crippen molar-refractivity contribution in [2.24, 2.45) is 0 Å². The number of benzene rings is 1. The Hall–Kier alpha value is -0.630. The highest BCUT2D eigenvalue weighted by molar-refractivity contribution is 7.54. The molecule has 0 radical (unpaired) electrons. The molecule has 0 aromatic heterocycles. The van der Waals surface area contributed by atoms with E-state index in [0.717, 1.165) is 0 Å². The minimum absolute atomic E-state index is 0.414. The van der Waals surface area contributed by atoms with E-state index >= 15 is 0 Å². The molecule has 0 aliphatic rings. The lowest BCUT2D eigenvalue weighted by atomic mass is 10.3. The number of anilines is 1. The average Bonchev–Trinajstić information content (AvgIpc) is 1.88. The van der Waals surface area contributed by atoms with Crippen molar-refractivity contribution in [1.82, 2.24) is 0 Å². The summed E-state index contributed by atoms with van der Waals surface area (Å²) in [5.74, 6) is 0. The van der Waals surface area contributed by atoms with Crippen LogP contribution < -0.4 is 11.0 Å². The number of hydrogen-bond acceptors (Lipinski definition) is 3. The number of rotatable bonds is 1. The van der Waals surface area contributed by atoms with Crippen LogP contribution in [0.3, 0.4) is 0 Å². The van der Waals surface area contributed by atoms with Gasteiger partial charge >= 0.3 is 0 Å². The lowest BCUT2D eigenvalue weighted by Crippen LogP contribution is -2.06. The van der Waals surface area contributed by atoms with Crippen molar-refractivity contribution in [2.45, 2.75) is 0 Å². The number of nitrogens with two attached hydrogens (primary N) is 1. The van der Waals surface area contributed by atoms with Gasteiger partial charge in [-0.1, -0.05) is 12.1 Å². The zero-order chi connectivity index (χ0) is 7.56. The van der Waals surface area contributed by atoms with Gasteiger partial charge in [-0.3, -0.25) is 0 Å². The van der Waals surface area contributed by atoms with Crippen LogP contribution in [0.25, 0.3) is 0 Å². The van der Waals surface area contributed by atoms with Crippen LogP contribution in [0.15, 0.2) is 24.3 Å². The zero-order valence-corrected chi connectivity index (χ0v) is 6.12. The highest BCUT2D eigenvalue weighted by atomic mass is 31.2. The predicted molar refractivity (Wildman–Crippen MR) is 41.8 cm³/mol. The quantitative estimate of drug-likeness (QED) is 0.402. The summed E-state index contributed by atoms with van der Waals surface area (Å²) in [5.41, 5.74) is 5.85. The molecule has 0 saturated heterocycles. The van der Waals surface area contributed by atoms with Crippen molar-refractivity contribution in [3.8, 4) is 0 Å². The molecule has 1 aromatic rings. The molecular weight excluding hydrogens is 149 g/mol. The molecule has 0 heterocycles. The van der Waals surface area contributed by atoms with E-state index in [0.29, 0.717) is 11.0 Å². The second-order valence-corrected chi connectivity index (χ2v) is 2.91. The van der Waals surface area contributed by atoms with Crippen LogP contribution in [-0.4, -0.2) is 9.79 Å². The molecule has 0 amide bonds. The maximum Gasteiger partial charge on any atom is 0.201 e. The maximum atomic E-state index is 8.74. The minimum Gasteiger partial charge on any atom is -0.398 e. The van der Waals surface area contributed by atoms with Crippen LogP contribution in [-0.2, 0) is 0 Å². The van der Waals surface area contributed by atoms with Gasteiger partial charge in [-0.05, 0) is 12.1 Å². The first-order valence-corrected chi connectivity index (χ1v) is 3.99. The van der Waals surface area contributed by atoms with E-state index < -0.39 is 8.38 Å². The average molecular weight is 157 g/mol. The van der Waals surface area contributed by atoms with Gasteiger partial charge in [0.1, 0.15) is 0 Å². The van der Waals surface area contributed by atoms with Crippen molar-refractivity contribution < 1.29 is 9.79 Å². The first-order valence-electron chi connectivity index (χ1n) is 2.74. The van der Waals surface area contributed by atoms with Crippen LogP contribution in [0.5, 0.6) is 0 Å². The van der Waals surface area contributed by atoms with Gasteiger partial charge < -0.3 is 15.5 Å². The van der Waals surface area contributed by atoms with Crippen molar-refractivity contribution in [1.29, 1.82) is 0 Å². The molecule has 0 atom stereocenters.